The minimum atomic E-state index is -0.619. The van der Waals surface area contributed by atoms with Crippen molar-refractivity contribution in [3.63, 3.8) is 0 Å². The highest BCUT2D eigenvalue weighted by Crippen LogP contribution is 2.22. The largest absolute Gasteiger partial charge is 0.459 e. The highest BCUT2D eigenvalue weighted by molar-refractivity contribution is 5.83. The lowest BCUT2D eigenvalue weighted by Gasteiger charge is -2.25. The lowest BCUT2D eigenvalue weighted by molar-refractivity contribution is -0.146. The summed E-state index contributed by atoms with van der Waals surface area (Å²) in [5, 5.41) is 5.50. The number of esters is 1. The maximum Gasteiger partial charge on any atom is 0.408 e. The summed E-state index contributed by atoms with van der Waals surface area (Å²) in [7, 11) is 0. The first-order valence-electron chi connectivity index (χ1n) is 8.89. The Hall–Kier alpha value is -2.05. The standard InChI is InChI=1S/C18H28N2O5/c1-18(2,3)25-17(23)20-13(11-12-9-10-19-16(12)22)7-8-15(21)24-14-5-4-6-14/h7-8,12-14H,4-6,9-11H2,1-3H3,(H,19,22)(H,20,23)/b8-7+/t12-,13+/m0/s1. The van der Waals surface area contributed by atoms with E-state index >= 15 is 0 Å². The van der Waals surface area contributed by atoms with Crippen LogP contribution in [-0.2, 0) is 19.1 Å². The molecule has 1 aliphatic carbocycles. The third-order valence-electron chi connectivity index (χ3n) is 4.20. The summed E-state index contributed by atoms with van der Waals surface area (Å²) < 4.78 is 10.5. The molecule has 7 heteroatoms. The van der Waals surface area contributed by atoms with E-state index in [0.717, 1.165) is 19.3 Å². The van der Waals surface area contributed by atoms with Crippen LogP contribution >= 0.6 is 0 Å². The predicted octanol–water partition coefficient (Wildman–Crippen LogP) is 2.06. The molecule has 2 atom stereocenters. The van der Waals surface area contributed by atoms with Crippen LogP contribution in [0.1, 0.15) is 52.9 Å². The van der Waals surface area contributed by atoms with Crippen LogP contribution in [0, 0.1) is 5.92 Å². The summed E-state index contributed by atoms with van der Waals surface area (Å²) in [4.78, 5) is 35.6. The van der Waals surface area contributed by atoms with Gasteiger partial charge in [-0.1, -0.05) is 6.08 Å². The highest BCUT2D eigenvalue weighted by atomic mass is 16.6. The highest BCUT2D eigenvalue weighted by Gasteiger charge is 2.28. The first-order valence-corrected chi connectivity index (χ1v) is 8.89. The summed E-state index contributed by atoms with van der Waals surface area (Å²) in [6, 6.07) is -0.474. The number of hydrogen-bond donors (Lipinski definition) is 2. The lowest BCUT2D eigenvalue weighted by atomic mass is 9.96. The first kappa shape index (κ1) is 19.3. The molecule has 0 bridgehead atoms. The van der Waals surface area contributed by atoms with Crippen LogP contribution in [0.3, 0.4) is 0 Å². The SMILES string of the molecule is CC(C)(C)OC(=O)N[C@H](/C=C/C(=O)OC1CCC1)C[C@@H]1CCNC1=O. The molecular formula is C18H28N2O5. The van der Waals surface area contributed by atoms with Crippen LogP contribution in [0.5, 0.6) is 0 Å². The molecule has 140 valence electrons. The van der Waals surface area contributed by atoms with Gasteiger partial charge in [-0.15, -0.1) is 0 Å². The molecule has 0 unspecified atom stereocenters. The quantitative estimate of drug-likeness (QED) is 0.564. The molecular weight excluding hydrogens is 324 g/mol. The Morgan fingerprint density at radius 1 is 1.32 bits per heavy atom. The number of rotatable bonds is 6. The van der Waals surface area contributed by atoms with E-state index in [0.29, 0.717) is 19.4 Å². The second kappa shape index (κ2) is 8.36. The number of alkyl carbamates (subject to hydrolysis) is 1. The van der Waals surface area contributed by atoms with Crippen LogP contribution in [0.2, 0.25) is 0 Å². The van der Waals surface area contributed by atoms with Gasteiger partial charge in [-0.05, 0) is 52.9 Å². The van der Waals surface area contributed by atoms with Gasteiger partial charge in [-0.2, -0.15) is 0 Å². The molecule has 2 N–H and O–H groups in total. The molecule has 1 aliphatic heterocycles. The summed E-state index contributed by atoms with van der Waals surface area (Å²) in [6.45, 7) is 5.96. The Balaban J connectivity index is 1.93. The van der Waals surface area contributed by atoms with E-state index in [1.54, 1.807) is 26.8 Å². The molecule has 2 rings (SSSR count). The molecule has 2 fully saturated rings. The van der Waals surface area contributed by atoms with Crippen molar-refractivity contribution in [2.24, 2.45) is 5.92 Å². The van der Waals surface area contributed by atoms with Gasteiger partial charge in [0.25, 0.3) is 0 Å². The van der Waals surface area contributed by atoms with E-state index in [-0.39, 0.29) is 17.9 Å². The van der Waals surface area contributed by atoms with Crippen molar-refractivity contribution < 1.29 is 23.9 Å². The van der Waals surface area contributed by atoms with E-state index in [9.17, 15) is 14.4 Å². The molecule has 0 aromatic carbocycles. The molecule has 0 spiro atoms. The van der Waals surface area contributed by atoms with E-state index in [1.807, 2.05) is 0 Å². The number of carbonyl (C=O) groups is 3. The van der Waals surface area contributed by atoms with Crippen LogP contribution in [0.25, 0.3) is 0 Å². The summed E-state index contributed by atoms with van der Waals surface area (Å²) in [5.74, 6) is -0.634. The maximum atomic E-state index is 12.0. The van der Waals surface area contributed by atoms with Crippen molar-refractivity contribution in [2.45, 2.75) is 70.6 Å². The number of carbonyl (C=O) groups excluding carboxylic acids is 3. The molecule has 7 nitrogen and oxygen atoms in total. The van der Waals surface area contributed by atoms with Crippen LogP contribution in [0.4, 0.5) is 4.79 Å². The molecule has 1 saturated heterocycles. The number of nitrogens with one attached hydrogen (secondary N) is 2. The van der Waals surface area contributed by atoms with Gasteiger partial charge in [-0.3, -0.25) is 4.79 Å². The zero-order chi connectivity index (χ0) is 18.4. The Morgan fingerprint density at radius 3 is 2.56 bits per heavy atom. The van der Waals surface area contributed by atoms with Gasteiger partial charge >= 0.3 is 12.1 Å². The van der Waals surface area contributed by atoms with E-state index < -0.39 is 23.7 Å². The monoisotopic (exact) mass is 352 g/mol. The van der Waals surface area contributed by atoms with Crippen molar-refractivity contribution in [3.05, 3.63) is 12.2 Å². The van der Waals surface area contributed by atoms with Crippen LogP contribution in [-0.4, -0.2) is 42.3 Å². The Bertz CT molecular complexity index is 534. The Morgan fingerprint density at radius 2 is 2.04 bits per heavy atom. The smallest absolute Gasteiger partial charge is 0.408 e. The van der Waals surface area contributed by atoms with Crippen LogP contribution < -0.4 is 10.6 Å². The van der Waals surface area contributed by atoms with Crippen molar-refractivity contribution in [1.82, 2.24) is 10.6 Å². The summed E-state index contributed by atoms with van der Waals surface area (Å²) >= 11 is 0. The number of amides is 2. The van der Waals surface area contributed by atoms with Crippen molar-refractivity contribution in [1.29, 1.82) is 0 Å². The lowest BCUT2D eigenvalue weighted by Crippen LogP contribution is -2.40. The van der Waals surface area contributed by atoms with Crippen LogP contribution in [0.15, 0.2) is 12.2 Å². The Kier molecular flexibility index (Phi) is 6.45. The average molecular weight is 352 g/mol. The first-order chi connectivity index (χ1) is 11.7. The van der Waals surface area contributed by atoms with Gasteiger partial charge in [0, 0.05) is 18.5 Å². The zero-order valence-electron chi connectivity index (χ0n) is 15.2. The van der Waals surface area contributed by atoms with Gasteiger partial charge < -0.3 is 20.1 Å². The van der Waals surface area contributed by atoms with E-state index in [1.165, 1.54) is 6.08 Å². The van der Waals surface area contributed by atoms with Crippen molar-refractivity contribution >= 4 is 18.0 Å². The molecule has 0 radical (unpaired) electrons. The van der Waals surface area contributed by atoms with Crippen molar-refractivity contribution in [3.8, 4) is 0 Å². The molecule has 0 aromatic heterocycles. The molecule has 1 saturated carbocycles. The van der Waals surface area contributed by atoms with E-state index in [2.05, 4.69) is 10.6 Å². The number of hydrogen-bond acceptors (Lipinski definition) is 5. The van der Waals surface area contributed by atoms with Gasteiger partial charge in [-0.25, -0.2) is 9.59 Å². The third-order valence-corrected chi connectivity index (χ3v) is 4.20. The van der Waals surface area contributed by atoms with Gasteiger partial charge in [0.2, 0.25) is 5.91 Å². The van der Waals surface area contributed by atoms with E-state index in [4.69, 9.17) is 9.47 Å². The second-order valence-corrected chi connectivity index (χ2v) is 7.61. The molecule has 2 aliphatic rings. The normalized spacial score (nSPS) is 22.2. The third kappa shape index (κ3) is 6.76. The number of ether oxygens (including phenoxy) is 2. The molecule has 2 amide bonds. The fraction of sp³-hybridized carbons (Fsp3) is 0.722. The zero-order valence-corrected chi connectivity index (χ0v) is 15.2. The minimum Gasteiger partial charge on any atom is -0.459 e. The maximum absolute atomic E-state index is 12.0. The van der Waals surface area contributed by atoms with Crippen molar-refractivity contribution in [2.75, 3.05) is 6.54 Å². The summed E-state index contributed by atoms with van der Waals surface area (Å²) in [5.41, 5.74) is -0.619. The average Bonchev–Trinajstić information content (AvgIpc) is 2.83. The summed E-state index contributed by atoms with van der Waals surface area (Å²) in [6.07, 6.45) is 6.36. The fourth-order valence-electron chi connectivity index (χ4n) is 2.71. The van der Waals surface area contributed by atoms with Gasteiger partial charge in [0.1, 0.15) is 11.7 Å². The minimum absolute atomic E-state index is 0.00928. The van der Waals surface area contributed by atoms with Gasteiger partial charge in [0.05, 0.1) is 6.04 Å². The Labute approximate surface area is 148 Å². The topological polar surface area (TPSA) is 93.7 Å². The molecule has 25 heavy (non-hydrogen) atoms. The molecule has 1 heterocycles. The van der Waals surface area contributed by atoms with Gasteiger partial charge in [0.15, 0.2) is 0 Å². The predicted molar refractivity (Wildman–Crippen MR) is 91.8 cm³/mol. The second-order valence-electron chi connectivity index (χ2n) is 7.61. The molecule has 0 aromatic rings. The fourth-order valence-corrected chi connectivity index (χ4v) is 2.71.